The van der Waals surface area contributed by atoms with Crippen molar-refractivity contribution in [1.82, 2.24) is 0 Å². The zero-order chi connectivity index (χ0) is 23.2. The van der Waals surface area contributed by atoms with Crippen LogP contribution in [0.1, 0.15) is 42.2 Å². The van der Waals surface area contributed by atoms with Crippen molar-refractivity contribution in [3.63, 3.8) is 0 Å². The first-order valence-electron chi connectivity index (χ1n) is 10.5. The molecular weight excluding hydrogens is 412 g/mol. The highest BCUT2D eigenvalue weighted by molar-refractivity contribution is 6.17. The minimum absolute atomic E-state index is 0.180. The van der Waals surface area contributed by atoms with Crippen molar-refractivity contribution in [1.29, 1.82) is 0 Å². The number of hydrogen-bond acceptors (Lipinski definition) is 3. The van der Waals surface area contributed by atoms with Crippen LogP contribution in [-0.2, 0) is 0 Å². The lowest BCUT2D eigenvalue weighted by Crippen LogP contribution is -2.19. The third kappa shape index (κ3) is 5.05. The molecule has 2 N–H and O–H groups in total. The highest BCUT2D eigenvalue weighted by Crippen LogP contribution is 2.24. The van der Waals surface area contributed by atoms with Gasteiger partial charge in [-0.1, -0.05) is 72.3 Å². The van der Waals surface area contributed by atoms with Crippen LogP contribution in [0.5, 0.6) is 0 Å². The van der Waals surface area contributed by atoms with E-state index >= 15 is 0 Å². The number of carbonyl (C=O) groups is 3. The maximum atomic E-state index is 13.2. The molecule has 5 nitrogen and oxygen atoms in total. The number of anilines is 2. The molecule has 0 heterocycles. The van der Waals surface area contributed by atoms with Crippen molar-refractivity contribution in [3.8, 4) is 0 Å². The molecule has 4 aromatic carbocycles. The molecule has 162 valence electrons. The zero-order valence-corrected chi connectivity index (χ0v) is 18.0. The fourth-order valence-electron chi connectivity index (χ4n) is 3.46. The summed E-state index contributed by atoms with van der Waals surface area (Å²) in [5.41, 5.74) is 3.41. The second-order valence-electron chi connectivity index (χ2n) is 7.56. The van der Waals surface area contributed by atoms with Crippen molar-refractivity contribution < 1.29 is 14.4 Å². The Bertz CT molecular complexity index is 1320. The molecule has 0 atom stereocenters. The molecule has 0 radical (unpaired) electrons. The Morgan fingerprint density at radius 2 is 1.09 bits per heavy atom. The van der Waals surface area contributed by atoms with E-state index < -0.39 is 5.91 Å². The average molecular weight is 434 g/mol. The van der Waals surface area contributed by atoms with Gasteiger partial charge in [0.15, 0.2) is 5.78 Å². The quantitative estimate of drug-likeness (QED) is 0.381. The number of aryl methyl sites for hydroxylation is 1. The molecule has 0 fully saturated rings. The van der Waals surface area contributed by atoms with Gasteiger partial charge in [-0.15, -0.1) is 0 Å². The Kier molecular flexibility index (Phi) is 6.41. The van der Waals surface area contributed by atoms with Crippen molar-refractivity contribution in [3.05, 3.63) is 131 Å². The number of hydrogen-bond donors (Lipinski definition) is 2. The minimum atomic E-state index is -0.426. The lowest BCUT2D eigenvalue weighted by atomic mass is 9.99. The van der Waals surface area contributed by atoms with Crippen molar-refractivity contribution in [2.24, 2.45) is 0 Å². The molecular formula is C28H22N2O3. The first kappa shape index (κ1) is 21.7. The maximum Gasteiger partial charge on any atom is 0.257 e. The Hall–Kier alpha value is -4.51. The van der Waals surface area contributed by atoms with Crippen molar-refractivity contribution in [2.75, 3.05) is 10.6 Å². The number of nitrogens with one attached hydrogen (secondary N) is 2. The van der Waals surface area contributed by atoms with E-state index in [2.05, 4.69) is 10.6 Å². The zero-order valence-electron chi connectivity index (χ0n) is 18.0. The highest BCUT2D eigenvalue weighted by atomic mass is 16.2. The molecule has 0 bridgehead atoms. The molecule has 0 saturated heterocycles. The van der Waals surface area contributed by atoms with Gasteiger partial charge in [-0.25, -0.2) is 0 Å². The molecule has 0 aliphatic rings. The van der Waals surface area contributed by atoms with E-state index in [1.165, 1.54) is 0 Å². The Morgan fingerprint density at radius 3 is 1.79 bits per heavy atom. The number of ketones is 1. The molecule has 5 heteroatoms. The summed E-state index contributed by atoms with van der Waals surface area (Å²) in [5.74, 6) is -0.920. The summed E-state index contributed by atoms with van der Waals surface area (Å²) in [6.45, 7) is 1.89. The number of carbonyl (C=O) groups excluding carboxylic acids is 3. The summed E-state index contributed by atoms with van der Waals surface area (Å²) < 4.78 is 0. The molecule has 33 heavy (non-hydrogen) atoms. The van der Waals surface area contributed by atoms with Crippen LogP contribution >= 0.6 is 0 Å². The number of benzene rings is 4. The SMILES string of the molecule is Cc1ccc(NC(=O)c2ccccc2NC(=O)c2ccccc2)c(C(=O)c2ccccc2)c1. The van der Waals surface area contributed by atoms with Gasteiger partial charge in [0.2, 0.25) is 0 Å². The number of amides is 2. The molecule has 0 spiro atoms. The van der Waals surface area contributed by atoms with Gasteiger partial charge < -0.3 is 10.6 Å². The first-order chi connectivity index (χ1) is 16.0. The van der Waals surface area contributed by atoms with Gasteiger partial charge in [0.05, 0.1) is 16.9 Å². The molecule has 0 saturated carbocycles. The predicted molar refractivity (Wildman–Crippen MR) is 130 cm³/mol. The summed E-state index contributed by atoms with van der Waals surface area (Å²) in [5, 5.41) is 5.65. The second kappa shape index (κ2) is 9.75. The lowest BCUT2D eigenvalue weighted by Gasteiger charge is -2.14. The Balaban J connectivity index is 1.61. The molecule has 0 unspecified atom stereocenters. The van der Waals surface area contributed by atoms with Gasteiger partial charge in [0, 0.05) is 16.7 Å². The third-order valence-electron chi connectivity index (χ3n) is 5.16. The molecule has 4 rings (SSSR count). The minimum Gasteiger partial charge on any atom is -0.321 e. The average Bonchev–Trinajstić information content (AvgIpc) is 2.86. The molecule has 0 aromatic heterocycles. The van der Waals surface area contributed by atoms with E-state index in [1.54, 1.807) is 84.9 Å². The molecule has 0 aliphatic heterocycles. The fraction of sp³-hybridized carbons (Fsp3) is 0.0357. The van der Waals surface area contributed by atoms with E-state index in [0.717, 1.165) is 5.56 Å². The molecule has 2 amide bonds. The van der Waals surface area contributed by atoms with Crippen LogP contribution in [0.4, 0.5) is 11.4 Å². The van der Waals surface area contributed by atoms with Gasteiger partial charge in [-0.3, -0.25) is 14.4 Å². The first-order valence-corrected chi connectivity index (χ1v) is 10.5. The smallest absolute Gasteiger partial charge is 0.257 e. The Labute approximate surface area is 192 Å². The lowest BCUT2D eigenvalue weighted by molar-refractivity contribution is 0.102. The van der Waals surface area contributed by atoms with E-state index in [0.29, 0.717) is 33.6 Å². The Morgan fingerprint density at radius 1 is 0.545 bits per heavy atom. The fourth-order valence-corrected chi connectivity index (χ4v) is 3.46. The van der Waals surface area contributed by atoms with Crippen LogP contribution in [0.15, 0.2) is 103 Å². The number of para-hydroxylation sites is 1. The van der Waals surface area contributed by atoms with E-state index in [4.69, 9.17) is 0 Å². The van der Waals surface area contributed by atoms with Crippen molar-refractivity contribution in [2.45, 2.75) is 6.92 Å². The maximum absolute atomic E-state index is 13.2. The summed E-state index contributed by atoms with van der Waals surface area (Å²) in [7, 11) is 0. The third-order valence-corrected chi connectivity index (χ3v) is 5.16. The monoisotopic (exact) mass is 434 g/mol. The van der Waals surface area contributed by atoms with E-state index in [9.17, 15) is 14.4 Å². The van der Waals surface area contributed by atoms with Gasteiger partial charge in [0.25, 0.3) is 11.8 Å². The van der Waals surface area contributed by atoms with Crippen LogP contribution in [0.3, 0.4) is 0 Å². The summed E-state index contributed by atoms with van der Waals surface area (Å²) >= 11 is 0. The van der Waals surface area contributed by atoms with Gasteiger partial charge in [-0.2, -0.15) is 0 Å². The van der Waals surface area contributed by atoms with Crippen LogP contribution < -0.4 is 10.6 Å². The van der Waals surface area contributed by atoms with Crippen LogP contribution in [0.2, 0.25) is 0 Å². The summed E-state index contributed by atoms with van der Waals surface area (Å²) in [4.78, 5) is 38.9. The topological polar surface area (TPSA) is 75.3 Å². The van der Waals surface area contributed by atoms with Gasteiger partial charge >= 0.3 is 0 Å². The largest absolute Gasteiger partial charge is 0.321 e. The van der Waals surface area contributed by atoms with Gasteiger partial charge in [-0.05, 0) is 43.3 Å². The molecule has 4 aromatic rings. The predicted octanol–water partition coefficient (Wildman–Crippen LogP) is 5.73. The second-order valence-corrected chi connectivity index (χ2v) is 7.56. The standard InChI is InChI=1S/C28H22N2O3/c1-19-16-17-25(23(18-19)26(31)20-10-4-2-5-11-20)30-28(33)22-14-8-9-15-24(22)29-27(32)21-12-6-3-7-13-21/h2-18H,1H3,(H,29,32)(H,30,33). The highest BCUT2D eigenvalue weighted by Gasteiger charge is 2.18. The normalized spacial score (nSPS) is 10.3. The van der Waals surface area contributed by atoms with Crippen LogP contribution in [-0.4, -0.2) is 17.6 Å². The van der Waals surface area contributed by atoms with Crippen LogP contribution in [0.25, 0.3) is 0 Å². The molecule has 0 aliphatic carbocycles. The van der Waals surface area contributed by atoms with Crippen LogP contribution in [0, 0.1) is 6.92 Å². The van der Waals surface area contributed by atoms with E-state index in [-0.39, 0.29) is 11.7 Å². The van der Waals surface area contributed by atoms with E-state index in [1.807, 2.05) is 25.1 Å². The summed E-state index contributed by atoms with van der Waals surface area (Å²) in [6, 6.07) is 29.8. The number of rotatable bonds is 6. The summed E-state index contributed by atoms with van der Waals surface area (Å²) in [6.07, 6.45) is 0. The van der Waals surface area contributed by atoms with Crippen molar-refractivity contribution >= 4 is 29.0 Å². The van der Waals surface area contributed by atoms with Gasteiger partial charge in [0.1, 0.15) is 0 Å².